The Kier molecular flexibility index (Phi) is 10.5. The van der Waals surface area contributed by atoms with Gasteiger partial charge in [0.2, 0.25) is 5.75 Å². The van der Waals surface area contributed by atoms with Crippen LogP contribution in [0, 0.1) is 10.1 Å². The minimum atomic E-state index is -0.408. The predicted octanol–water partition coefficient (Wildman–Crippen LogP) is 5.13. The van der Waals surface area contributed by atoms with Gasteiger partial charge in [0.1, 0.15) is 0 Å². The standard InChI is InChI=1S/C23H30N4O5.HI/c1-30-20-13-18(14-21(31-2)22(20)32-3)26-23(25-17-7-5-4-6-8-17)24-15-16-9-11-19(12-10-16)27(28)29;/h9-14,17H,4-8,15H2,1-3H3,(H2,24,25,26);1H. The summed E-state index contributed by atoms with van der Waals surface area (Å²) in [6.07, 6.45) is 5.82. The van der Waals surface area contributed by atoms with Crippen LogP contribution in [0.4, 0.5) is 11.4 Å². The molecule has 2 aromatic rings. The van der Waals surface area contributed by atoms with Crippen LogP contribution in [0.2, 0.25) is 0 Å². The van der Waals surface area contributed by atoms with E-state index in [1.807, 2.05) is 12.1 Å². The Hall–Kier alpha value is -2.76. The first-order chi connectivity index (χ1) is 15.5. The van der Waals surface area contributed by atoms with E-state index in [2.05, 4.69) is 10.6 Å². The highest BCUT2D eigenvalue weighted by Gasteiger charge is 2.17. The number of ether oxygens (including phenoxy) is 3. The van der Waals surface area contributed by atoms with Crippen LogP contribution in [-0.4, -0.2) is 38.3 Å². The molecule has 0 atom stereocenters. The number of anilines is 1. The lowest BCUT2D eigenvalue weighted by molar-refractivity contribution is -0.384. The van der Waals surface area contributed by atoms with E-state index in [9.17, 15) is 10.1 Å². The molecule has 0 unspecified atom stereocenters. The summed E-state index contributed by atoms with van der Waals surface area (Å²) in [6, 6.07) is 10.4. The largest absolute Gasteiger partial charge is 0.493 e. The monoisotopic (exact) mass is 570 g/mol. The van der Waals surface area contributed by atoms with Gasteiger partial charge in [-0.15, -0.1) is 24.0 Å². The lowest BCUT2D eigenvalue weighted by atomic mass is 9.96. The average molecular weight is 570 g/mol. The third-order valence-electron chi connectivity index (χ3n) is 5.44. The van der Waals surface area contributed by atoms with Crippen molar-refractivity contribution in [2.24, 2.45) is 4.99 Å². The number of aliphatic imine (C=N–C) groups is 1. The zero-order valence-corrected chi connectivity index (χ0v) is 21.5. The molecule has 0 saturated heterocycles. The molecule has 0 bridgehead atoms. The molecule has 1 aliphatic rings. The predicted molar refractivity (Wildman–Crippen MR) is 139 cm³/mol. The van der Waals surface area contributed by atoms with Crippen molar-refractivity contribution in [2.45, 2.75) is 44.7 Å². The van der Waals surface area contributed by atoms with Crippen molar-refractivity contribution in [3.8, 4) is 17.2 Å². The zero-order chi connectivity index (χ0) is 22.9. The first-order valence-electron chi connectivity index (χ1n) is 10.7. The van der Waals surface area contributed by atoms with E-state index in [0.717, 1.165) is 24.1 Å². The summed E-state index contributed by atoms with van der Waals surface area (Å²) in [5.74, 6) is 2.23. The van der Waals surface area contributed by atoms with Crippen LogP contribution in [0.3, 0.4) is 0 Å². The molecule has 0 aromatic heterocycles. The SMILES string of the molecule is COc1cc(NC(=NCc2ccc([N+](=O)[O-])cc2)NC2CCCCC2)cc(OC)c1OC.I. The molecule has 3 rings (SSSR count). The number of non-ortho nitro benzene ring substituents is 1. The van der Waals surface area contributed by atoms with Gasteiger partial charge >= 0.3 is 0 Å². The number of halogens is 1. The van der Waals surface area contributed by atoms with Gasteiger partial charge in [0.15, 0.2) is 17.5 Å². The van der Waals surface area contributed by atoms with E-state index in [-0.39, 0.29) is 29.7 Å². The van der Waals surface area contributed by atoms with Gasteiger partial charge in [-0.3, -0.25) is 10.1 Å². The average Bonchev–Trinajstić information content (AvgIpc) is 2.82. The van der Waals surface area contributed by atoms with E-state index >= 15 is 0 Å². The first kappa shape index (κ1) is 26.5. The van der Waals surface area contributed by atoms with Crippen LogP contribution in [0.25, 0.3) is 0 Å². The van der Waals surface area contributed by atoms with Crippen molar-refractivity contribution >= 4 is 41.3 Å². The maximum atomic E-state index is 10.9. The van der Waals surface area contributed by atoms with E-state index in [4.69, 9.17) is 19.2 Å². The summed E-state index contributed by atoms with van der Waals surface area (Å²) in [4.78, 5) is 15.2. The molecule has 1 fully saturated rings. The van der Waals surface area contributed by atoms with Crippen molar-refractivity contribution in [1.29, 1.82) is 0 Å². The molecule has 1 saturated carbocycles. The number of nitro benzene ring substituents is 1. The van der Waals surface area contributed by atoms with Gasteiger partial charge in [0.25, 0.3) is 5.69 Å². The topological polar surface area (TPSA) is 107 Å². The van der Waals surface area contributed by atoms with E-state index in [0.29, 0.717) is 35.8 Å². The fraction of sp³-hybridized carbons (Fsp3) is 0.435. The molecular weight excluding hydrogens is 539 g/mol. The smallest absolute Gasteiger partial charge is 0.269 e. The Morgan fingerprint density at radius 2 is 1.64 bits per heavy atom. The Balaban J connectivity index is 0.00000385. The second kappa shape index (κ2) is 13.1. The maximum Gasteiger partial charge on any atom is 0.269 e. The van der Waals surface area contributed by atoms with Crippen molar-refractivity contribution in [1.82, 2.24) is 5.32 Å². The fourth-order valence-corrected chi connectivity index (χ4v) is 3.74. The molecule has 9 nitrogen and oxygen atoms in total. The normalized spacial score (nSPS) is 14.1. The summed E-state index contributed by atoms with van der Waals surface area (Å²) in [6.45, 7) is 0.379. The van der Waals surface area contributed by atoms with Gasteiger partial charge in [-0.25, -0.2) is 4.99 Å². The lowest BCUT2D eigenvalue weighted by Gasteiger charge is -2.25. The van der Waals surface area contributed by atoms with Crippen LogP contribution in [0.5, 0.6) is 17.2 Å². The molecule has 180 valence electrons. The Labute approximate surface area is 211 Å². The second-order valence-electron chi connectivity index (χ2n) is 7.61. The molecule has 0 spiro atoms. The summed E-state index contributed by atoms with van der Waals surface area (Å²) in [5.41, 5.74) is 1.68. The highest BCUT2D eigenvalue weighted by molar-refractivity contribution is 14.0. The highest BCUT2D eigenvalue weighted by atomic mass is 127. The number of nitro groups is 1. The lowest BCUT2D eigenvalue weighted by Crippen LogP contribution is -2.40. The van der Waals surface area contributed by atoms with Crippen molar-refractivity contribution in [3.05, 3.63) is 52.1 Å². The Morgan fingerprint density at radius 3 is 2.15 bits per heavy atom. The quantitative estimate of drug-likeness (QED) is 0.149. The number of guanidine groups is 1. The number of methoxy groups -OCH3 is 3. The number of nitrogens with one attached hydrogen (secondary N) is 2. The molecule has 33 heavy (non-hydrogen) atoms. The summed E-state index contributed by atoms with van der Waals surface area (Å²) in [5, 5.41) is 17.7. The summed E-state index contributed by atoms with van der Waals surface area (Å²) >= 11 is 0. The van der Waals surface area contributed by atoms with Gasteiger partial charge in [0, 0.05) is 36.0 Å². The Bertz CT molecular complexity index is 921. The number of rotatable bonds is 8. The minimum Gasteiger partial charge on any atom is -0.493 e. The number of hydrogen-bond donors (Lipinski definition) is 2. The molecule has 0 amide bonds. The van der Waals surface area contributed by atoms with Crippen molar-refractivity contribution in [2.75, 3.05) is 26.6 Å². The van der Waals surface area contributed by atoms with E-state index < -0.39 is 4.92 Å². The minimum absolute atomic E-state index is 0. The van der Waals surface area contributed by atoms with E-state index in [1.165, 1.54) is 31.4 Å². The van der Waals surface area contributed by atoms with Crippen LogP contribution in [0.1, 0.15) is 37.7 Å². The molecular formula is C23H31IN4O5. The number of hydrogen-bond acceptors (Lipinski definition) is 6. The van der Waals surface area contributed by atoms with Gasteiger partial charge in [-0.05, 0) is 18.4 Å². The molecule has 2 N–H and O–H groups in total. The van der Waals surface area contributed by atoms with Gasteiger partial charge in [-0.2, -0.15) is 0 Å². The number of benzene rings is 2. The third-order valence-corrected chi connectivity index (χ3v) is 5.44. The number of nitrogens with zero attached hydrogens (tertiary/aromatic N) is 2. The summed E-state index contributed by atoms with van der Waals surface area (Å²) < 4.78 is 16.3. The zero-order valence-electron chi connectivity index (χ0n) is 19.1. The van der Waals surface area contributed by atoms with Crippen molar-refractivity contribution in [3.63, 3.8) is 0 Å². The molecule has 1 aliphatic carbocycles. The van der Waals surface area contributed by atoms with Crippen LogP contribution in [-0.2, 0) is 6.54 Å². The fourth-order valence-electron chi connectivity index (χ4n) is 3.74. The van der Waals surface area contributed by atoms with Crippen LogP contribution < -0.4 is 24.8 Å². The van der Waals surface area contributed by atoms with E-state index in [1.54, 1.807) is 33.5 Å². The van der Waals surface area contributed by atoms with Crippen LogP contribution in [0.15, 0.2) is 41.4 Å². The molecule has 0 heterocycles. The summed E-state index contributed by atoms with van der Waals surface area (Å²) in [7, 11) is 4.71. The second-order valence-corrected chi connectivity index (χ2v) is 7.61. The third kappa shape index (κ3) is 7.37. The van der Waals surface area contributed by atoms with Crippen LogP contribution >= 0.6 is 24.0 Å². The molecule has 0 aliphatic heterocycles. The first-order valence-corrected chi connectivity index (χ1v) is 10.7. The maximum absolute atomic E-state index is 10.9. The van der Waals surface area contributed by atoms with Gasteiger partial charge in [-0.1, -0.05) is 31.4 Å². The molecule has 2 aromatic carbocycles. The molecule has 10 heteroatoms. The van der Waals surface area contributed by atoms with Gasteiger partial charge in [0.05, 0.1) is 32.8 Å². The Morgan fingerprint density at radius 1 is 1.03 bits per heavy atom. The van der Waals surface area contributed by atoms with Crippen molar-refractivity contribution < 1.29 is 19.1 Å². The molecule has 0 radical (unpaired) electrons. The van der Waals surface area contributed by atoms with Gasteiger partial charge < -0.3 is 24.8 Å². The highest BCUT2D eigenvalue weighted by Crippen LogP contribution is 2.40.